The smallest absolute Gasteiger partial charge is 0.137 e. The van der Waals surface area contributed by atoms with Crippen LogP contribution in [0.4, 0.5) is 4.39 Å². The normalized spacial score (nSPS) is 23.0. The molecular weight excluding hydrogens is 295 g/mol. The highest BCUT2D eigenvalue weighted by Gasteiger charge is 2.22. The van der Waals surface area contributed by atoms with Crippen LogP contribution in [0.15, 0.2) is 22.7 Å². The summed E-state index contributed by atoms with van der Waals surface area (Å²) in [6.45, 7) is 5.12. The SMILES string of the molecule is CC(N)C1CCCN(Cc2ccc(F)c(Br)c2)C1. The third-order valence-electron chi connectivity index (χ3n) is 3.68. The minimum absolute atomic E-state index is 0.203. The molecule has 2 nitrogen and oxygen atoms in total. The molecule has 1 aliphatic heterocycles. The van der Waals surface area contributed by atoms with E-state index in [0.29, 0.717) is 10.4 Å². The second-order valence-corrected chi connectivity index (χ2v) is 6.10. The molecule has 100 valence electrons. The van der Waals surface area contributed by atoms with Crippen molar-refractivity contribution in [3.05, 3.63) is 34.1 Å². The third kappa shape index (κ3) is 3.53. The van der Waals surface area contributed by atoms with Crippen LogP contribution in [-0.2, 0) is 6.54 Å². The van der Waals surface area contributed by atoms with E-state index in [4.69, 9.17) is 5.73 Å². The second kappa shape index (κ2) is 6.13. The Morgan fingerprint density at radius 2 is 2.33 bits per heavy atom. The lowest BCUT2D eigenvalue weighted by Crippen LogP contribution is -2.41. The van der Waals surface area contributed by atoms with Gasteiger partial charge in [0.15, 0.2) is 0 Å². The minimum atomic E-state index is -0.203. The van der Waals surface area contributed by atoms with Gasteiger partial charge in [-0.2, -0.15) is 0 Å². The molecule has 1 fully saturated rings. The molecule has 0 aromatic heterocycles. The van der Waals surface area contributed by atoms with E-state index in [-0.39, 0.29) is 11.9 Å². The van der Waals surface area contributed by atoms with Crippen molar-refractivity contribution < 1.29 is 4.39 Å². The largest absolute Gasteiger partial charge is 0.328 e. The first kappa shape index (κ1) is 14.0. The molecule has 4 heteroatoms. The first-order valence-corrected chi connectivity index (χ1v) is 7.27. The van der Waals surface area contributed by atoms with Crippen molar-refractivity contribution in [1.82, 2.24) is 4.90 Å². The van der Waals surface area contributed by atoms with Crippen molar-refractivity contribution in [1.29, 1.82) is 0 Å². The molecule has 0 aliphatic carbocycles. The van der Waals surface area contributed by atoms with Crippen LogP contribution in [0.2, 0.25) is 0 Å². The van der Waals surface area contributed by atoms with Crippen molar-refractivity contribution >= 4 is 15.9 Å². The molecule has 1 aromatic rings. The Labute approximate surface area is 116 Å². The summed E-state index contributed by atoms with van der Waals surface area (Å²) in [7, 11) is 0. The molecular formula is C14H20BrFN2. The van der Waals surface area contributed by atoms with Gasteiger partial charge in [0.05, 0.1) is 4.47 Å². The average Bonchev–Trinajstić information content (AvgIpc) is 2.34. The Bertz CT molecular complexity index is 409. The lowest BCUT2D eigenvalue weighted by atomic mass is 9.92. The van der Waals surface area contributed by atoms with E-state index >= 15 is 0 Å². The van der Waals surface area contributed by atoms with E-state index in [1.165, 1.54) is 18.9 Å². The summed E-state index contributed by atoms with van der Waals surface area (Å²) < 4.78 is 13.7. The van der Waals surface area contributed by atoms with Crippen LogP contribution in [0.3, 0.4) is 0 Å². The fourth-order valence-corrected chi connectivity index (χ4v) is 2.99. The summed E-state index contributed by atoms with van der Waals surface area (Å²) in [4.78, 5) is 2.41. The maximum absolute atomic E-state index is 13.2. The monoisotopic (exact) mass is 314 g/mol. The number of likely N-dealkylation sites (tertiary alicyclic amines) is 1. The minimum Gasteiger partial charge on any atom is -0.328 e. The number of nitrogens with zero attached hydrogens (tertiary/aromatic N) is 1. The molecule has 2 N–H and O–H groups in total. The van der Waals surface area contributed by atoms with E-state index < -0.39 is 0 Å². The Morgan fingerprint density at radius 1 is 1.56 bits per heavy atom. The summed E-state index contributed by atoms with van der Waals surface area (Å²) in [5.74, 6) is 0.383. The van der Waals surface area contributed by atoms with Gasteiger partial charge in [0.25, 0.3) is 0 Å². The highest BCUT2D eigenvalue weighted by Crippen LogP contribution is 2.22. The molecule has 2 unspecified atom stereocenters. The van der Waals surface area contributed by atoms with Crippen LogP contribution in [0, 0.1) is 11.7 Å². The third-order valence-corrected chi connectivity index (χ3v) is 4.28. The summed E-state index contributed by atoms with van der Waals surface area (Å²) >= 11 is 3.23. The van der Waals surface area contributed by atoms with Gasteiger partial charge in [-0.05, 0) is 65.9 Å². The van der Waals surface area contributed by atoms with Gasteiger partial charge in [-0.15, -0.1) is 0 Å². The molecule has 18 heavy (non-hydrogen) atoms. The van der Waals surface area contributed by atoms with Gasteiger partial charge in [-0.25, -0.2) is 4.39 Å². The fourth-order valence-electron chi connectivity index (χ4n) is 2.56. The summed E-state index contributed by atoms with van der Waals surface area (Å²) in [5, 5.41) is 0. The summed E-state index contributed by atoms with van der Waals surface area (Å²) in [6.07, 6.45) is 2.43. The van der Waals surface area contributed by atoms with Gasteiger partial charge in [0.2, 0.25) is 0 Å². The van der Waals surface area contributed by atoms with E-state index in [1.54, 1.807) is 0 Å². The molecule has 0 radical (unpaired) electrons. The number of nitrogens with two attached hydrogens (primary N) is 1. The van der Waals surface area contributed by atoms with Gasteiger partial charge in [-0.3, -0.25) is 4.90 Å². The number of piperidine rings is 1. The fraction of sp³-hybridized carbons (Fsp3) is 0.571. The lowest BCUT2D eigenvalue weighted by Gasteiger charge is -2.34. The number of halogens is 2. The highest BCUT2D eigenvalue weighted by molar-refractivity contribution is 9.10. The molecule has 0 spiro atoms. The first-order valence-electron chi connectivity index (χ1n) is 6.48. The predicted molar refractivity (Wildman–Crippen MR) is 75.8 cm³/mol. The van der Waals surface area contributed by atoms with Crippen molar-refractivity contribution in [3.8, 4) is 0 Å². The molecule has 0 saturated carbocycles. The number of hydrogen-bond acceptors (Lipinski definition) is 2. The highest BCUT2D eigenvalue weighted by atomic mass is 79.9. The maximum atomic E-state index is 13.2. The van der Waals surface area contributed by atoms with Crippen LogP contribution in [0.1, 0.15) is 25.3 Å². The molecule has 1 heterocycles. The summed E-state index contributed by atoms with van der Waals surface area (Å²) in [5.41, 5.74) is 7.13. The number of benzene rings is 1. The molecule has 1 aromatic carbocycles. The molecule has 2 rings (SSSR count). The van der Waals surface area contributed by atoms with Crippen LogP contribution in [0.25, 0.3) is 0 Å². The summed E-state index contributed by atoms with van der Waals surface area (Å²) in [6, 6.07) is 5.50. The Balaban J connectivity index is 1.98. The zero-order chi connectivity index (χ0) is 13.1. The first-order chi connectivity index (χ1) is 8.56. The molecule has 2 atom stereocenters. The van der Waals surface area contributed by atoms with Crippen LogP contribution >= 0.6 is 15.9 Å². The van der Waals surface area contributed by atoms with E-state index in [9.17, 15) is 4.39 Å². The van der Waals surface area contributed by atoms with Crippen molar-refractivity contribution in [2.24, 2.45) is 11.7 Å². The second-order valence-electron chi connectivity index (χ2n) is 5.25. The zero-order valence-corrected chi connectivity index (χ0v) is 12.3. The maximum Gasteiger partial charge on any atom is 0.137 e. The standard InChI is InChI=1S/C14H20BrFN2/c1-10(17)12-3-2-6-18(9-12)8-11-4-5-14(16)13(15)7-11/h4-5,7,10,12H,2-3,6,8-9,17H2,1H3. The van der Waals surface area contributed by atoms with Gasteiger partial charge >= 0.3 is 0 Å². The Hall–Kier alpha value is -0.450. The molecule has 0 amide bonds. The van der Waals surface area contributed by atoms with E-state index in [2.05, 4.69) is 27.8 Å². The van der Waals surface area contributed by atoms with Crippen molar-refractivity contribution in [3.63, 3.8) is 0 Å². The van der Waals surface area contributed by atoms with Gasteiger partial charge in [0.1, 0.15) is 5.82 Å². The van der Waals surface area contributed by atoms with E-state index in [1.807, 2.05) is 12.1 Å². The molecule has 1 aliphatic rings. The van der Waals surface area contributed by atoms with Gasteiger partial charge in [-0.1, -0.05) is 6.07 Å². The van der Waals surface area contributed by atoms with E-state index in [0.717, 1.165) is 25.2 Å². The van der Waals surface area contributed by atoms with Crippen molar-refractivity contribution in [2.45, 2.75) is 32.4 Å². The molecule has 1 saturated heterocycles. The topological polar surface area (TPSA) is 29.3 Å². The van der Waals surface area contributed by atoms with Crippen molar-refractivity contribution in [2.75, 3.05) is 13.1 Å². The number of rotatable bonds is 3. The van der Waals surface area contributed by atoms with Crippen LogP contribution in [-0.4, -0.2) is 24.0 Å². The quantitative estimate of drug-likeness (QED) is 0.928. The zero-order valence-electron chi connectivity index (χ0n) is 10.7. The number of hydrogen-bond donors (Lipinski definition) is 1. The van der Waals surface area contributed by atoms with Crippen LogP contribution in [0.5, 0.6) is 0 Å². The molecule has 0 bridgehead atoms. The average molecular weight is 315 g/mol. The van der Waals surface area contributed by atoms with Crippen LogP contribution < -0.4 is 5.73 Å². The Morgan fingerprint density at radius 3 is 3.00 bits per heavy atom. The lowest BCUT2D eigenvalue weighted by molar-refractivity contribution is 0.154. The van der Waals surface area contributed by atoms with Gasteiger partial charge < -0.3 is 5.73 Å². The Kier molecular flexibility index (Phi) is 4.76. The van der Waals surface area contributed by atoms with Gasteiger partial charge in [0, 0.05) is 19.1 Å². The predicted octanol–water partition coefficient (Wildman–Crippen LogP) is 3.15.